The number of aromatic hydroxyl groups is 1. The number of aromatic nitrogens is 1. The molecule has 0 saturated carbocycles. The van der Waals surface area contributed by atoms with Crippen LogP contribution in [-0.2, 0) is 6.18 Å². The quantitative estimate of drug-likeness (QED) is 0.765. The number of nitrogens with zero attached hydrogens (tertiary/aromatic N) is 2. The molecule has 0 atom stereocenters. The first-order chi connectivity index (χ1) is 7.27. The Bertz CT molecular complexity index is 449. The van der Waals surface area contributed by atoms with Crippen molar-refractivity contribution in [3.05, 3.63) is 23.0 Å². The van der Waals surface area contributed by atoms with Crippen LogP contribution >= 0.6 is 0 Å². The predicted molar refractivity (Wildman–Crippen MR) is 40.6 cm³/mol. The molecule has 0 bridgehead atoms. The van der Waals surface area contributed by atoms with Crippen LogP contribution in [0.3, 0.4) is 0 Å². The maximum Gasteiger partial charge on any atom is 0.420 e. The van der Waals surface area contributed by atoms with Crippen molar-refractivity contribution in [2.45, 2.75) is 12.6 Å². The normalized spacial score (nSPS) is 11.6. The lowest BCUT2D eigenvalue weighted by Crippen LogP contribution is -2.09. The molecule has 0 aliphatic heterocycles. The summed E-state index contributed by atoms with van der Waals surface area (Å²) >= 11 is 0. The number of pyridine rings is 1. The molecule has 1 aromatic rings. The zero-order valence-electron chi connectivity index (χ0n) is 7.39. The highest BCUT2D eigenvalue weighted by atomic mass is 19.4. The summed E-state index contributed by atoms with van der Waals surface area (Å²) in [6, 6.07) is 1.12. The van der Waals surface area contributed by atoms with Crippen LogP contribution in [0.25, 0.3) is 0 Å². The number of hydrogen-bond acceptors (Lipinski definition) is 3. The van der Waals surface area contributed by atoms with Crippen LogP contribution in [0.1, 0.15) is 23.4 Å². The van der Waals surface area contributed by atoms with Gasteiger partial charge in [-0.3, -0.25) is 0 Å². The second kappa shape index (κ2) is 3.92. The summed E-state index contributed by atoms with van der Waals surface area (Å²) in [6.07, 6.45) is -8.28. The summed E-state index contributed by atoms with van der Waals surface area (Å²) in [5, 5.41) is 17.3. The first-order valence-electron chi connectivity index (χ1n) is 3.76. The minimum atomic E-state index is -5.03. The van der Waals surface area contributed by atoms with Gasteiger partial charge in [-0.1, -0.05) is 0 Å². The van der Waals surface area contributed by atoms with Crippen molar-refractivity contribution in [3.8, 4) is 11.8 Å². The molecule has 0 saturated heterocycles. The number of halogens is 5. The van der Waals surface area contributed by atoms with E-state index in [1.165, 1.54) is 0 Å². The van der Waals surface area contributed by atoms with Gasteiger partial charge in [0.15, 0.2) is 11.4 Å². The summed E-state index contributed by atoms with van der Waals surface area (Å²) in [5.74, 6) is -1.44. The lowest BCUT2D eigenvalue weighted by Gasteiger charge is -2.11. The summed E-state index contributed by atoms with van der Waals surface area (Å²) in [7, 11) is 0. The van der Waals surface area contributed by atoms with E-state index in [9.17, 15) is 22.0 Å². The van der Waals surface area contributed by atoms with Gasteiger partial charge >= 0.3 is 6.18 Å². The zero-order valence-corrected chi connectivity index (χ0v) is 7.39. The van der Waals surface area contributed by atoms with E-state index >= 15 is 0 Å². The van der Waals surface area contributed by atoms with Gasteiger partial charge in [0.2, 0.25) is 0 Å². The third kappa shape index (κ3) is 2.18. The first kappa shape index (κ1) is 12.2. The van der Waals surface area contributed by atoms with Crippen molar-refractivity contribution in [2.24, 2.45) is 0 Å². The topological polar surface area (TPSA) is 56.9 Å². The van der Waals surface area contributed by atoms with Crippen molar-refractivity contribution in [2.75, 3.05) is 0 Å². The van der Waals surface area contributed by atoms with E-state index in [0.717, 1.165) is 6.07 Å². The number of alkyl halides is 5. The monoisotopic (exact) mass is 238 g/mol. The molecule has 0 aliphatic rings. The molecule has 0 fully saturated rings. The fourth-order valence-electron chi connectivity index (χ4n) is 0.964. The molecule has 0 radical (unpaired) electrons. The first-order valence-corrected chi connectivity index (χ1v) is 3.76. The number of rotatable bonds is 1. The third-order valence-corrected chi connectivity index (χ3v) is 1.65. The summed E-state index contributed by atoms with van der Waals surface area (Å²) < 4.78 is 61.1. The van der Waals surface area contributed by atoms with E-state index in [1.807, 2.05) is 0 Å². The van der Waals surface area contributed by atoms with E-state index in [-0.39, 0.29) is 6.07 Å². The van der Waals surface area contributed by atoms with Gasteiger partial charge in [-0.05, 0) is 6.07 Å². The van der Waals surface area contributed by atoms with Crippen LogP contribution in [0.2, 0.25) is 0 Å². The molecule has 16 heavy (non-hydrogen) atoms. The number of hydrogen-bond donors (Lipinski definition) is 1. The van der Waals surface area contributed by atoms with Gasteiger partial charge in [0.25, 0.3) is 6.43 Å². The summed E-state index contributed by atoms with van der Waals surface area (Å²) in [5.41, 5.74) is -3.99. The molecule has 1 N–H and O–H groups in total. The highest BCUT2D eigenvalue weighted by molar-refractivity contribution is 5.45. The van der Waals surface area contributed by atoms with Gasteiger partial charge in [0.1, 0.15) is 17.3 Å². The molecule has 0 aliphatic carbocycles. The van der Waals surface area contributed by atoms with Gasteiger partial charge in [-0.2, -0.15) is 18.4 Å². The smallest absolute Gasteiger partial charge is 0.420 e. The SMILES string of the molecule is N#Cc1nc(C(F)F)cc(C(F)(F)F)c1O. The van der Waals surface area contributed by atoms with Crippen LogP contribution in [0.15, 0.2) is 6.07 Å². The summed E-state index contributed by atoms with van der Waals surface area (Å²) in [6.45, 7) is 0. The van der Waals surface area contributed by atoms with E-state index < -0.39 is 35.3 Å². The molecular weight excluding hydrogens is 235 g/mol. The Morgan fingerprint density at radius 1 is 1.38 bits per heavy atom. The van der Waals surface area contributed by atoms with Crippen LogP contribution in [0, 0.1) is 11.3 Å². The maximum absolute atomic E-state index is 12.3. The third-order valence-electron chi connectivity index (χ3n) is 1.65. The molecule has 1 rings (SSSR count). The molecule has 8 heteroatoms. The van der Waals surface area contributed by atoms with E-state index in [4.69, 9.17) is 10.4 Å². The van der Waals surface area contributed by atoms with Crippen molar-refractivity contribution in [1.29, 1.82) is 5.26 Å². The molecule has 0 spiro atoms. The fraction of sp³-hybridized carbons (Fsp3) is 0.250. The van der Waals surface area contributed by atoms with Crippen LogP contribution < -0.4 is 0 Å². The maximum atomic E-state index is 12.3. The molecule has 1 aromatic heterocycles. The van der Waals surface area contributed by atoms with Crippen LogP contribution in [-0.4, -0.2) is 10.1 Å². The average molecular weight is 238 g/mol. The van der Waals surface area contributed by atoms with Crippen molar-refractivity contribution in [1.82, 2.24) is 4.98 Å². The Balaban J connectivity index is 3.50. The van der Waals surface area contributed by atoms with Crippen LogP contribution in [0.4, 0.5) is 22.0 Å². The van der Waals surface area contributed by atoms with Gasteiger partial charge in [0, 0.05) is 0 Å². The minimum Gasteiger partial charge on any atom is -0.504 e. The minimum absolute atomic E-state index is 0.0147. The highest BCUT2D eigenvalue weighted by Crippen LogP contribution is 2.38. The largest absolute Gasteiger partial charge is 0.504 e. The Kier molecular flexibility index (Phi) is 2.98. The fourth-order valence-corrected chi connectivity index (χ4v) is 0.964. The standard InChI is InChI=1S/C8H3F5N2O/c9-7(10)4-1-3(8(11,12)13)6(16)5(2-14)15-4/h1,7,16H. The molecule has 1 heterocycles. The lowest BCUT2D eigenvalue weighted by atomic mass is 10.1. The molecule has 0 unspecified atom stereocenters. The molecule has 86 valence electrons. The molecular formula is C8H3F5N2O. The van der Waals surface area contributed by atoms with E-state index in [0.29, 0.717) is 0 Å². The highest BCUT2D eigenvalue weighted by Gasteiger charge is 2.36. The van der Waals surface area contributed by atoms with Crippen molar-refractivity contribution >= 4 is 0 Å². The predicted octanol–water partition coefficient (Wildman–Crippen LogP) is 2.62. The van der Waals surface area contributed by atoms with Crippen molar-refractivity contribution < 1.29 is 27.1 Å². The Hall–Kier alpha value is -1.91. The van der Waals surface area contributed by atoms with E-state index in [2.05, 4.69) is 4.98 Å². The van der Waals surface area contributed by atoms with Crippen LogP contribution in [0.5, 0.6) is 5.75 Å². The van der Waals surface area contributed by atoms with Crippen molar-refractivity contribution in [3.63, 3.8) is 0 Å². The Morgan fingerprint density at radius 2 is 1.94 bits per heavy atom. The second-order valence-electron chi connectivity index (χ2n) is 2.70. The average Bonchev–Trinajstić information content (AvgIpc) is 2.15. The Labute approximate surface area is 85.8 Å². The molecule has 0 amide bonds. The Morgan fingerprint density at radius 3 is 2.31 bits per heavy atom. The van der Waals surface area contributed by atoms with Gasteiger partial charge < -0.3 is 5.11 Å². The zero-order chi connectivity index (χ0) is 12.5. The summed E-state index contributed by atoms with van der Waals surface area (Å²) in [4.78, 5) is 2.90. The number of nitriles is 1. The molecule has 3 nitrogen and oxygen atoms in total. The van der Waals surface area contributed by atoms with E-state index in [1.54, 1.807) is 0 Å². The van der Waals surface area contributed by atoms with Gasteiger partial charge in [-0.25, -0.2) is 13.8 Å². The van der Waals surface area contributed by atoms with Gasteiger partial charge in [0.05, 0.1) is 0 Å². The lowest BCUT2D eigenvalue weighted by molar-refractivity contribution is -0.139. The second-order valence-corrected chi connectivity index (χ2v) is 2.70. The molecule has 0 aromatic carbocycles. The van der Waals surface area contributed by atoms with Gasteiger partial charge in [-0.15, -0.1) is 0 Å².